The minimum Gasteiger partial charge on any atom is -0.298 e. The molecule has 0 atom stereocenters. The Labute approximate surface area is 76.8 Å². The van der Waals surface area contributed by atoms with Crippen LogP contribution in [-0.4, -0.2) is 11.3 Å². The van der Waals surface area contributed by atoms with Gasteiger partial charge in [-0.25, -0.2) is 18.2 Å². The Morgan fingerprint density at radius 1 is 1.57 bits per heavy atom. The SMILES string of the molecule is N#Cc1ncc(C(F)F)c(F)c1C=O. The second-order valence-corrected chi connectivity index (χ2v) is 2.32. The van der Waals surface area contributed by atoms with E-state index in [1.807, 2.05) is 0 Å². The number of carbonyl (C=O) groups is 1. The van der Waals surface area contributed by atoms with Gasteiger partial charge in [0.2, 0.25) is 0 Å². The maximum atomic E-state index is 13.1. The van der Waals surface area contributed by atoms with Gasteiger partial charge in [-0.15, -0.1) is 0 Å². The van der Waals surface area contributed by atoms with Crippen molar-refractivity contribution in [2.24, 2.45) is 0 Å². The molecule has 1 heterocycles. The van der Waals surface area contributed by atoms with Gasteiger partial charge in [-0.1, -0.05) is 0 Å². The van der Waals surface area contributed by atoms with Gasteiger partial charge in [0, 0.05) is 6.20 Å². The van der Waals surface area contributed by atoms with Crippen LogP contribution in [0.15, 0.2) is 6.20 Å². The van der Waals surface area contributed by atoms with Crippen LogP contribution in [0.4, 0.5) is 13.2 Å². The van der Waals surface area contributed by atoms with Crippen LogP contribution < -0.4 is 0 Å². The summed E-state index contributed by atoms with van der Waals surface area (Å²) in [6, 6.07) is 1.43. The quantitative estimate of drug-likeness (QED) is 0.684. The van der Waals surface area contributed by atoms with Crippen LogP contribution in [0.2, 0.25) is 0 Å². The fraction of sp³-hybridized carbons (Fsp3) is 0.125. The molecule has 0 spiro atoms. The van der Waals surface area contributed by atoms with Crippen molar-refractivity contribution in [3.8, 4) is 6.07 Å². The van der Waals surface area contributed by atoms with Crippen molar-refractivity contribution in [1.82, 2.24) is 4.98 Å². The first-order chi connectivity index (χ1) is 6.61. The molecule has 0 amide bonds. The Kier molecular flexibility index (Phi) is 2.82. The summed E-state index contributed by atoms with van der Waals surface area (Å²) in [6.07, 6.45) is -2.52. The Hall–Kier alpha value is -1.90. The van der Waals surface area contributed by atoms with Gasteiger partial charge in [0.15, 0.2) is 12.0 Å². The van der Waals surface area contributed by atoms with Crippen LogP contribution in [0.1, 0.15) is 28.0 Å². The number of hydrogen-bond donors (Lipinski definition) is 0. The second kappa shape index (κ2) is 3.87. The number of hydrogen-bond acceptors (Lipinski definition) is 3. The zero-order valence-electron chi connectivity index (χ0n) is 6.67. The lowest BCUT2D eigenvalue weighted by molar-refractivity contribution is 0.111. The molecular weight excluding hydrogens is 197 g/mol. The van der Waals surface area contributed by atoms with E-state index in [1.165, 1.54) is 6.07 Å². The van der Waals surface area contributed by atoms with Crippen molar-refractivity contribution in [3.05, 3.63) is 28.8 Å². The Morgan fingerprint density at radius 3 is 2.64 bits per heavy atom. The smallest absolute Gasteiger partial charge is 0.268 e. The topological polar surface area (TPSA) is 53.8 Å². The number of aromatic nitrogens is 1. The van der Waals surface area contributed by atoms with Gasteiger partial charge in [0.1, 0.15) is 11.9 Å². The fourth-order valence-electron chi connectivity index (χ4n) is 0.869. The zero-order chi connectivity index (χ0) is 10.7. The lowest BCUT2D eigenvalue weighted by atomic mass is 10.1. The van der Waals surface area contributed by atoms with Gasteiger partial charge in [-0.05, 0) is 0 Å². The van der Waals surface area contributed by atoms with E-state index >= 15 is 0 Å². The van der Waals surface area contributed by atoms with Crippen LogP contribution in [0.25, 0.3) is 0 Å². The third kappa shape index (κ3) is 1.57. The monoisotopic (exact) mass is 200 g/mol. The van der Waals surface area contributed by atoms with Crippen molar-refractivity contribution in [2.45, 2.75) is 6.43 Å². The first-order valence-electron chi connectivity index (χ1n) is 3.43. The van der Waals surface area contributed by atoms with E-state index in [9.17, 15) is 18.0 Å². The number of pyridine rings is 1. The standard InChI is InChI=1S/C8H3F3N2O/c9-7-4(8(10)11)2-13-6(1-12)5(7)3-14/h2-3,8H. The molecule has 0 fully saturated rings. The molecule has 0 aliphatic carbocycles. The summed E-state index contributed by atoms with van der Waals surface area (Å²) >= 11 is 0. The van der Waals surface area contributed by atoms with E-state index in [0.29, 0.717) is 6.20 Å². The van der Waals surface area contributed by atoms with Crippen LogP contribution >= 0.6 is 0 Å². The van der Waals surface area contributed by atoms with Crippen LogP contribution in [0, 0.1) is 17.1 Å². The van der Waals surface area contributed by atoms with Gasteiger partial charge < -0.3 is 0 Å². The van der Waals surface area contributed by atoms with E-state index in [-0.39, 0.29) is 6.29 Å². The number of nitrogens with zero attached hydrogens (tertiary/aromatic N) is 2. The maximum absolute atomic E-state index is 13.1. The highest BCUT2D eigenvalue weighted by Crippen LogP contribution is 2.23. The van der Waals surface area contributed by atoms with E-state index in [0.717, 1.165) is 0 Å². The predicted octanol–water partition coefficient (Wildman–Crippen LogP) is 1.84. The molecule has 1 rings (SSSR count). The molecule has 1 aromatic rings. The minimum atomic E-state index is -3.06. The maximum Gasteiger partial charge on any atom is 0.268 e. The van der Waals surface area contributed by atoms with Crippen LogP contribution in [0.3, 0.4) is 0 Å². The van der Waals surface area contributed by atoms with E-state index in [1.54, 1.807) is 0 Å². The van der Waals surface area contributed by atoms with Gasteiger partial charge in [0.25, 0.3) is 6.43 Å². The average Bonchev–Trinajstić information content (AvgIpc) is 2.16. The number of nitriles is 1. The summed E-state index contributed by atoms with van der Waals surface area (Å²) in [5.41, 5.74) is -2.21. The molecular formula is C8H3F3N2O. The molecule has 0 N–H and O–H groups in total. The van der Waals surface area contributed by atoms with E-state index < -0.39 is 29.1 Å². The van der Waals surface area contributed by atoms with Crippen LogP contribution in [0.5, 0.6) is 0 Å². The van der Waals surface area contributed by atoms with Gasteiger partial charge in [-0.3, -0.25) is 4.79 Å². The zero-order valence-corrected chi connectivity index (χ0v) is 6.67. The summed E-state index contributed by atoms with van der Waals surface area (Å²) in [5.74, 6) is -1.39. The first-order valence-corrected chi connectivity index (χ1v) is 3.43. The largest absolute Gasteiger partial charge is 0.298 e. The number of carbonyl (C=O) groups excluding carboxylic acids is 1. The normalized spacial score (nSPS) is 9.93. The average molecular weight is 200 g/mol. The number of alkyl halides is 2. The molecule has 0 saturated heterocycles. The van der Waals surface area contributed by atoms with Crippen LogP contribution in [-0.2, 0) is 0 Å². The molecule has 1 aromatic heterocycles. The van der Waals surface area contributed by atoms with Crippen molar-refractivity contribution in [1.29, 1.82) is 5.26 Å². The Balaban J connectivity index is 3.44. The van der Waals surface area contributed by atoms with Crippen molar-refractivity contribution < 1.29 is 18.0 Å². The predicted molar refractivity (Wildman–Crippen MR) is 39.3 cm³/mol. The molecule has 3 nitrogen and oxygen atoms in total. The summed E-state index contributed by atoms with van der Waals surface area (Å²) < 4.78 is 37.3. The summed E-state index contributed by atoms with van der Waals surface area (Å²) in [7, 11) is 0. The molecule has 0 aliphatic rings. The second-order valence-electron chi connectivity index (χ2n) is 2.32. The third-order valence-corrected chi connectivity index (χ3v) is 1.54. The van der Waals surface area contributed by atoms with Crippen molar-refractivity contribution in [3.63, 3.8) is 0 Å². The molecule has 0 aliphatic heterocycles. The highest BCUT2D eigenvalue weighted by Gasteiger charge is 2.19. The molecule has 0 aromatic carbocycles. The summed E-state index contributed by atoms with van der Waals surface area (Å²) in [6.45, 7) is 0. The van der Waals surface area contributed by atoms with E-state index in [4.69, 9.17) is 5.26 Å². The van der Waals surface area contributed by atoms with E-state index in [2.05, 4.69) is 4.98 Å². The molecule has 0 saturated carbocycles. The van der Waals surface area contributed by atoms with Crippen molar-refractivity contribution in [2.75, 3.05) is 0 Å². The number of rotatable bonds is 2. The molecule has 0 bridgehead atoms. The number of halogens is 3. The Bertz CT molecular complexity index is 412. The third-order valence-electron chi connectivity index (χ3n) is 1.54. The first kappa shape index (κ1) is 10.2. The van der Waals surface area contributed by atoms with Gasteiger partial charge in [0.05, 0.1) is 11.1 Å². The van der Waals surface area contributed by atoms with Gasteiger partial charge in [-0.2, -0.15) is 5.26 Å². The summed E-state index contributed by atoms with van der Waals surface area (Å²) in [4.78, 5) is 13.5. The van der Waals surface area contributed by atoms with Crippen molar-refractivity contribution >= 4 is 6.29 Å². The molecule has 0 radical (unpaired) electrons. The fourth-order valence-corrected chi connectivity index (χ4v) is 0.869. The minimum absolute atomic E-state index is 0.00718. The highest BCUT2D eigenvalue weighted by atomic mass is 19.3. The lowest BCUT2D eigenvalue weighted by Gasteiger charge is -2.03. The number of aldehydes is 1. The highest BCUT2D eigenvalue weighted by molar-refractivity contribution is 5.78. The Morgan fingerprint density at radius 2 is 2.21 bits per heavy atom. The molecule has 72 valence electrons. The molecule has 14 heavy (non-hydrogen) atoms. The van der Waals surface area contributed by atoms with Gasteiger partial charge >= 0.3 is 0 Å². The summed E-state index contributed by atoms with van der Waals surface area (Å²) in [5, 5.41) is 8.38. The molecule has 6 heteroatoms. The lowest BCUT2D eigenvalue weighted by Crippen LogP contribution is -2.02. The molecule has 0 unspecified atom stereocenters.